The van der Waals surface area contributed by atoms with Gasteiger partial charge in [-0.05, 0) is 46.9 Å². The number of nitrogens with one attached hydrogen (secondary N) is 2. The SMILES string of the molecule is CCOC(=O)C1=C(CN(C)Cc2c(C)nn(-c3ccccc3)c2C)NC(=O)NC1C. The van der Waals surface area contributed by atoms with Crippen molar-refractivity contribution in [3.8, 4) is 5.69 Å². The summed E-state index contributed by atoms with van der Waals surface area (Å²) in [5, 5.41) is 10.2. The predicted molar refractivity (Wildman–Crippen MR) is 114 cm³/mol. The molecule has 0 spiro atoms. The molecule has 1 aromatic carbocycles. The monoisotopic (exact) mass is 411 g/mol. The van der Waals surface area contributed by atoms with Gasteiger partial charge in [-0.3, -0.25) is 4.90 Å². The molecule has 30 heavy (non-hydrogen) atoms. The minimum atomic E-state index is -0.412. The smallest absolute Gasteiger partial charge is 0.337 e. The van der Waals surface area contributed by atoms with Crippen LogP contribution in [0.1, 0.15) is 30.8 Å². The number of hydrogen-bond acceptors (Lipinski definition) is 5. The topological polar surface area (TPSA) is 88.5 Å². The van der Waals surface area contributed by atoms with Gasteiger partial charge in [-0.25, -0.2) is 14.3 Å². The van der Waals surface area contributed by atoms with E-state index < -0.39 is 12.0 Å². The Hall–Kier alpha value is -3.13. The number of amides is 2. The van der Waals surface area contributed by atoms with Crippen LogP contribution in [0.5, 0.6) is 0 Å². The number of rotatable bonds is 7. The van der Waals surface area contributed by atoms with Crippen molar-refractivity contribution in [2.75, 3.05) is 20.2 Å². The molecule has 0 saturated carbocycles. The van der Waals surface area contributed by atoms with Crippen LogP contribution in [0.25, 0.3) is 5.69 Å². The zero-order valence-electron chi connectivity index (χ0n) is 18.2. The third kappa shape index (κ3) is 4.54. The van der Waals surface area contributed by atoms with Crippen LogP contribution in [0.15, 0.2) is 41.6 Å². The summed E-state index contributed by atoms with van der Waals surface area (Å²) in [4.78, 5) is 26.5. The Bertz CT molecular complexity index is 965. The number of benzene rings is 1. The fourth-order valence-electron chi connectivity index (χ4n) is 3.72. The number of ether oxygens (including phenoxy) is 1. The maximum Gasteiger partial charge on any atom is 0.337 e. The zero-order chi connectivity index (χ0) is 21.8. The average molecular weight is 412 g/mol. The third-order valence-electron chi connectivity index (χ3n) is 5.16. The molecule has 2 amide bonds. The number of para-hydroxylation sites is 1. The van der Waals surface area contributed by atoms with Gasteiger partial charge in [-0.15, -0.1) is 0 Å². The van der Waals surface area contributed by atoms with E-state index in [2.05, 4.69) is 15.5 Å². The molecule has 0 fully saturated rings. The van der Waals surface area contributed by atoms with E-state index in [1.54, 1.807) is 13.8 Å². The standard InChI is InChI=1S/C22H29N5O3/c1-6-30-21(28)20-15(3)23-22(29)24-19(20)13-26(5)12-18-14(2)25-27(16(18)4)17-10-8-7-9-11-17/h7-11,15H,6,12-13H2,1-5H3,(H2,23,24,29). The van der Waals surface area contributed by atoms with Crippen molar-refractivity contribution in [2.24, 2.45) is 0 Å². The summed E-state index contributed by atoms with van der Waals surface area (Å²) in [7, 11) is 1.95. The Kier molecular flexibility index (Phi) is 6.56. The molecule has 160 valence electrons. The summed E-state index contributed by atoms with van der Waals surface area (Å²) >= 11 is 0. The molecule has 0 bridgehead atoms. The van der Waals surface area contributed by atoms with Crippen molar-refractivity contribution in [1.82, 2.24) is 25.3 Å². The highest BCUT2D eigenvalue weighted by molar-refractivity contribution is 5.94. The van der Waals surface area contributed by atoms with Gasteiger partial charge in [0.05, 0.1) is 29.6 Å². The van der Waals surface area contributed by atoms with E-state index in [0.29, 0.717) is 24.4 Å². The summed E-state index contributed by atoms with van der Waals surface area (Å²) in [5.74, 6) is -0.412. The van der Waals surface area contributed by atoms with Crippen LogP contribution in [-0.2, 0) is 16.1 Å². The molecule has 0 aliphatic carbocycles. The fraction of sp³-hybridized carbons (Fsp3) is 0.409. The molecular formula is C22H29N5O3. The second kappa shape index (κ2) is 9.13. The van der Waals surface area contributed by atoms with E-state index in [9.17, 15) is 9.59 Å². The molecule has 8 nitrogen and oxygen atoms in total. The van der Waals surface area contributed by atoms with Gasteiger partial charge in [0.1, 0.15) is 0 Å². The Balaban J connectivity index is 1.83. The Morgan fingerprint density at radius 2 is 1.93 bits per heavy atom. The summed E-state index contributed by atoms with van der Waals surface area (Å²) in [6.07, 6.45) is 0. The molecule has 2 aromatic rings. The molecule has 2 N–H and O–H groups in total. The maximum atomic E-state index is 12.4. The number of carbonyl (C=O) groups excluding carboxylic acids is 2. The van der Waals surface area contributed by atoms with Crippen LogP contribution in [0, 0.1) is 13.8 Å². The van der Waals surface area contributed by atoms with Crippen LogP contribution >= 0.6 is 0 Å². The Morgan fingerprint density at radius 1 is 1.23 bits per heavy atom. The summed E-state index contributed by atoms with van der Waals surface area (Å²) in [5.41, 5.74) is 5.17. The number of likely N-dealkylation sites (N-methyl/N-ethyl adjacent to an activating group) is 1. The van der Waals surface area contributed by atoms with Crippen molar-refractivity contribution in [3.05, 3.63) is 58.6 Å². The number of nitrogens with zero attached hydrogens (tertiary/aromatic N) is 3. The van der Waals surface area contributed by atoms with Gasteiger partial charge >= 0.3 is 12.0 Å². The largest absolute Gasteiger partial charge is 0.463 e. The number of hydrogen-bond donors (Lipinski definition) is 2. The lowest BCUT2D eigenvalue weighted by Gasteiger charge is -2.29. The first-order valence-corrected chi connectivity index (χ1v) is 10.1. The maximum absolute atomic E-state index is 12.4. The number of urea groups is 1. The highest BCUT2D eigenvalue weighted by Crippen LogP contribution is 2.21. The van der Waals surface area contributed by atoms with Crippen LogP contribution in [0.3, 0.4) is 0 Å². The van der Waals surface area contributed by atoms with Crippen LogP contribution < -0.4 is 10.6 Å². The van der Waals surface area contributed by atoms with E-state index >= 15 is 0 Å². The second-order valence-electron chi connectivity index (χ2n) is 7.50. The quantitative estimate of drug-likeness (QED) is 0.683. The van der Waals surface area contributed by atoms with Gasteiger partial charge in [-0.2, -0.15) is 5.10 Å². The molecule has 3 rings (SSSR count). The van der Waals surface area contributed by atoms with E-state index in [1.807, 2.05) is 55.9 Å². The lowest BCUT2D eigenvalue weighted by Crippen LogP contribution is -2.51. The number of aromatic nitrogens is 2. The molecule has 0 saturated heterocycles. The lowest BCUT2D eigenvalue weighted by atomic mass is 10.0. The van der Waals surface area contributed by atoms with Crippen molar-refractivity contribution in [3.63, 3.8) is 0 Å². The number of esters is 1. The first-order valence-electron chi connectivity index (χ1n) is 10.1. The molecule has 2 heterocycles. The Labute approximate surface area is 176 Å². The van der Waals surface area contributed by atoms with Crippen LogP contribution in [-0.4, -0.2) is 52.9 Å². The van der Waals surface area contributed by atoms with Crippen molar-refractivity contribution in [2.45, 2.75) is 40.3 Å². The predicted octanol–water partition coefficient (Wildman–Crippen LogP) is 2.44. The molecule has 1 atom stereocenters. The van der Waals surface area contributed by atoms with Gasteiger partial charge in [0.15, 0.2) is 0 Å². The molecule has 1 aliphatic rings. The van der Waals surface area contributed by atoms with Crippen molar-refractivity contribution >= 4 is 12.0 Å². The van der Waals surface area contributed by atoms with Crippen LogP contribution in [0.2, 0.25) is 0 Å². The molecular weight excluding hydrogens is 382 g/mol. The van der Waals surface area contributed by atoms with E-state index in [0.717, 1.165) is 22.6 Å². The minimum Gasteiger partial charge on any atom is -0.463 e. The molecule has 8 heteroatoms. The average Bonchev–Trinajstić information content (AvgIpc) is 2.96. The minimum absolute atomic E-state index is 0.281. The summed E-state index contributed by atoms with van der Waals surface area (Å²) in [6, 6.07) is 9.27. The van der Waals surface area contributed by atoms with Crippen molar-refractivity contribution in [1.29, 1.82) is 0 Å². The number of aryl methyl sites for hydroxylation is 1. The molecule has 1 aromatic heterocycles. The van der Waals surface area contributed by atoms with Gasteiger partial charge in [0.2, 0.25) is 0 Å². The van der Waals surface area contributed by atoms with Gasteiger partial charge in [-0.1, -0.05) is 18.2 Å². The molecule has 1 unspecified atom stereocenters. The third-order valence-corrected chi connectivity index (χ3v) is 5.16. The molecule has 1 aliphatic heterocycles. The van der Waals surface area contributed by atoms with E-state index in [4.69, 9.17) is 9.84 Å². The second-order valence-corrected chi connectivity index (χ2v) is 7.50. The van der Waals surface area contributed by atoms with Gasteiger partial charge in [0, 0.05) is 30.0 Å². The Morgan fingerprint density at radius 3 is 2.60 bits per heavy atom. The summed E-state index contributed by atoms with van der Waals surface area (Å²) in [6.45, 7) is 8.90. The molecule has 0 radical (unpaired) electrons. The summed E-state index contributed by atoms with van der Waals surface area (Å²) < 4.78 is 7.13. The highest BCUT2D eigenvalue weighted by Gasteiger charge is 2.30. The highest BCUT2D eigenvalue weighted by atomic mass is 16.5. The first-order chi connectivity index (χ1) is 14.3. The number of carbonyl (C=O) groups is 2. The lowest BCUT2D eigenvalue weighted by molar-refractivity contribution is -0.139. The van der Waals surface area contributed by atoms with Crippen molar-refractivity contribution < 1.29 is 14.3 Å². The van der Waals surface area contributed by atoms with Gasteiger partial charge < -0.3 is 15.4 Å². The normalized spacial score (nSPS) is 16.5. The van der Waals surface area contributed by atoms with Crippen LogP contribution in [0.4, 0.5) is 4.79 Å². The van der Waals surface area contributed by atoms with Gasteiger partial charge in [0.25, 0.3) is 0 Å². The zero-order valence-corrected chi connectivity index (χ0v) is 18.2. The van der Waals surface area contributed by atoms with E-state index in [1.165, 1.54) is 0 Å². The fourth-order valence-corrected chi connectivity index (χ4v) is 3.72. The first kappa shape index (κ1) is 21.6. The van der Waals surface area contributed by atoms with E-state index in [-0.39, 0.29) is 12.6 Å².